The van der Waals surface area contributed by atoms with E-state index in [1.165, 1.54) is 32.1 Å². The molecule has 0 heterocycles. The van der Waals surface area contributed by atoms with E-state index < -0.39 is 6.10 Å². The smallest absolute Gasteiger partial charge is 0.306 e. The summed E-state index contributed by atoms with van der Waals surface area (Å²) in [7, 11) is 0. The van der Waals surface area contributed by atoms with Crippen molar-refractivity contribution < 1.29 is 24.2 Å². The van der Waals surface area contributed by atoms with Crippen LogP contribution in [0.2, 0.25) is 0 Å². The van der Waals surface area contributed by atoms with E-state index in [2.05, 4.69) is 123 Å². The molecule has 0 fully saturated rings. The molecule has 54 heavy (non-hydrogen) atoms. The molecule has 0 radical (unpaired) electrons. The second-order valence-corrected chi connectivity index (χ2v) is 13.7. The van der Waals surface area contributed by atoms with Gasteiger partial charge in [-0.15, -0.1) is 0 Å². The Hall–Kier alpha value is -3.44. The predicted molar refractivity (Wildman–Crippen MR) is 232 cm³/mol. The molecule has 1 atom stereocenters. The van der Waals surface area contributed by atoms with Gasteiger partial charge in [-0.3, -0.25) is 9.59 Å². The number of hydrogen-bond acceptors (Lipinski definition) is 5. The highest BCUT2D eigenvalue weighted by Gasteiger charge is 2.16. The molecule has 0 saturated carbocycles. The molecular weight excluding hydrogens is 669 g/mol. The van der Waals surface area contributed by atoms with Gasteiger partial charge in [-0.05, 0) is 96.3 Å². The molecule has 0 aromatic heterocycles. The Labute approximate surface area is 331 Å². The summed E-state index contributed by atoms with van der Waals surface area (Å²) in [5, 5.41) is 9.58. The van der Waals surface area contributed by atoms with Crippen LogP contribution in [0, 0.1) is 0 Å². The number of unbranched alkanes of at least 4 members (excludes halogenated alkanes) is 11. The molecule has 0 rings (SSSR count). The maximum atomic E-state index is 12.2. The fourth-order valence-corrected chi connectivity index (χ4v) is 5.39. The van der Waals surface area contributed by atoms with Crippen molar-refractivity contribution >= 4 is 11.9 Å². The van der Waals surface area contributed by atoms with Crippen LogP contribution < -0.4 is 0 Å². The number of aliphatic hydroxyl groups is 1. The number of esters is 2. The molecule has 1 unspecified atom stereocenters. The second-order valence-electron chi connectivity index (χ2n) is 13.7. The lowest BCUT2D eigenvalue weighted by molar-refractivity contribution is -0.161. The van der Waals surface area contributed by atoms with E-state index in [1.807, 2.05) is 0 Å². The van der Waals surface area contributed by atoms with Crippen LogP contribution >= 0.6 is 0 Å². The van der Waals surface area contributed by atoms with E-state index in [0.29, 0.717) is 12.8 Å². The van der Waals surface area contributed by atoms with Crippen LogP contribution in [0.4, 0.5) is 0 Å². The Bertz CT molecular complexity index is 1120. The molecule has 0 aromatic carbocycles. The van der Waals surface area contributed by atoms with E-state index in [4.69, 9.17) is 9.47 Å². The first-order valence-electron chi connectivity index (χ1n) is 21.4. The maximum absolute atomic E-state index is 12.2. The summed E-state index contributed by atoms with van der Waals surface area (Å²) in [5.74, 6) is -0.648. The van der Waals surface area contributed by atoms with Crippen molar-refractivity contribution in [3.05, 3.63) is 109 Å². The molecule has 0 aliphatic heterocycles. The van der Waals surface area contributed by atoms with Gasteiger partial charge in [0.1, 0.15) is 6.61 Å². The Kier molecular flexibility index (Phi) is 41.2. The van der Waals surface area contributed by atoms with E-state index >= 15 is 0 Å². The third kappa shape index (κ3) is 41.3. The predicted octanol–water partition coefficient (Wildman–Crippen LogP) is 13.8. The van der Waals surface area contributed by atoms with E-state index in [0.717, 1.165) is 109 Å². The average Bonchev–Trinajstić information content (AvgIpc) is 3.17. The van der Waals surface area contributed by atoms with Crippen LogP contribution in [0.3, 0.4) is 0 Å². The van der Waals surface area contributed by atoms with Crippen molar-refractivity contribution in [2.45, 2.75) is 174 Å². The third-order valence-corrected chi connectivity index (χ3v) is 8.56. The van der Waals surface area contributed by atoms with Gasteiger partial charge in [0.05, 0.1) is 6.61 Å². The maximum Gasteiger partial charge on any atom is 0.306 e. The molecule has 0 amide bonds. The van der Waals surface area contributed by atoms with Gasteiger partial charge in [-0.2, -0.15) is 0 Å². The fraction of sp³-hybridized carbons (Fsp3) is 0.592. The Balaban J connectivity index is 3.66. The second kappa shape index (κ2) is 44.0. The standard InChI is InChI=1S/C49H78O5/c1-3-5-7-9-11-13-15-17-19-21-23-24-26-27-29-31-33-35-37-39-41-43-48(51)53-46-47(45-50)54-49(52)44-42-40-38-36-34-32-30-28-25-22-20-18-16-14-12-10-8-6-4-2/h5-8,11-14,17-20,23-25,28,32,34,47,50H,3-4,9-10,15-16,21-22,26-27,29-31,33,35-46H2,1-2H3/b7-5-,8-6-,13-11-,14-12-,19-17-,20-18-,24-23-,28-25-,34-32-. The molecule has 5 nitrogen and oxygen atoms in total. The van der Waals surface area contributed by atoms with Gasteiger partial charge in [-0.25, -0.2) is 0 Å². The minimum absolute atomic E-state index is 0.0912. The zero-order chi connectivity index (χ0) is 39.3. The largest absolute Gasteiger partial charge is 0.462 e. The molecule has 0 aliphatic rings. The third-order valence-electron chi connectivity index (χ3n) is 8.56. The monoisotopic (exact) mass is 747 g/mol. The van der Waals surface area contributed by atoms with E-state index in [-0.39, 0.29) is 25.2 Å². The van der Waals surface area contributed by atoms with Crippen LogP contribution in [0.5, 0.6) is 0 Å². The molecule has 0 aromatic rings. The number of hydrogen-bond donors (Lipinski definition) is 1. The molecule has 1 N–H and O–H groups in total. The summed E-state index contributed by atoms with van der Waals surface area (Å²) in [6, 6.07) is 0. The number of carbonyl (C=O) groups is 2. The first-order chi connectivity index (χ1) is 26.6. The molecule has 5 heteroatoms. The summed E-state index contributed by atoms with van der Waals surface area (Å²) >= 11 is 0. The lowest BCUT2D eigenvalue weighted by Gasteiger charge is -2.15. The molecule has 304 valence electrons. The van der Waals surface area contributed by atoms with Crippen LogP contribution in [0.25, 0.3) is 0 Å². The lowest BCUT2D eigenvalue weighted by Crippen LogP contribution is -2.28. The topological polar surface area (TPSA) is 72.8 Å². The average molecular weight is 747 g/mol. The number of ether oxygens (including phenoxy) is 2. The van der Waals surface area contributed by atoms with Crippen molar-refractivity contribution in [2.24, 2.45) is 0 Å². The summed E-state index contributed by atoms with van der Waals surface area (Å²) in [4.78, 5) is 24.3. The first kappa shape index (κ1) is 50.6. The van der Waals surface area contributed by atoms with Crippen LogP contribution in [-0.2, 0) is 19.1 Å². The first-order valence-corrected chi connectivity index (χ1v) is 21.4. The van der Waals surface area contributed by atoms with Crippen molar-refractivity contribution in [1.82, 2.24) is 0 Å². The van der Waals surface area contributed by atoms with E-state index in [9.17, 15) is 14.7 Å². The van der Waals surface area contributed by atoms with Crippen LogP contribution in [0.15, 0.2) is 109 Å². The highest BCUT2D eigenvalue weighted by molar-refractivity contribution is 5.70. The summed E-state index contributed by atoms with van der Waals surface area (Å²) < 4.78 is 10.6. The van der Waals surface area contributed by atoms with Gasteiger partial charge in [0.15, 0.2) is 6.10 Å². The zero-order valence-corrected chi connectivity index (χ0v) is 34.4. The summed E-state index contributed by atoms with van der Waals surface area (Å²) in [6.45, 7) is 3.86. The van der Waals surface area contributed by atoms with Crippen molar-refractivity contribution in [2.75, 3.05) is 13.2 Å². The minimum atomic E-state index is -0.800. The van der Waals surface area contributed by atoms with Crippen molar-refractivity contribution in [3.8, 4) is 0 Å². The van der Waals surface area contributed by atoms with Crippen molar-refractivity contribution in [1.29, 1.82) is 0 Å². The van der Waals surface area contributed by atoms with Crippen molar-refractivity contribution in [3.63, 3.8) is 0 Å². The zero-order valence-electron chi connectivity index (χ0n) is 34.4. The normalized spacial score (nSPS) is 13.3. The lowest BCUT2D eigenvalue weighted by atomic mass is 10.1. The quantitative estimate of drug-likeness (QED) is 0.0389. The fourth-order valence-electron chi connectivity index (χ4n) is 5.39. The summed E-state index contributed by atoms with van der Waals surface area (Å²) in [5.41, 5.74) is 0. The Morgan fingerprint density at radius 2 is 0.741 bits per heavy atom. The summed E-state index contributed by atoms with van der Waals surface area (Å²) in [6.07, 6.45) is 62.9. The minimum Gasteiger partial charge on any atom is -0.462 e. The highest BCUT2D eigenvalue weighted by Crippen LogP contribution is 2.12. The Morgan fingerprint density at radius 3 is 1.13 bits per heavy atom. The molecular formula is C49H78O5. The number of carbonyl (C=O) groups excluding carboxylic acids is 2. The molecule has 0 spiro atoms. The van der Waals surface area contributed by atoms with E-state index in [1.54, 1.807) is 0 Å². The number of aliphatic hydroxyl groups excluding tert-OH is 1. The molecule has 0 saturated heterocycles. The Morgan fingerprint density at radius 1 is 0.426 bits per heavy atom. The van der Waals surface area contributed by atoms with Gasteiger partial charge < -0.3 is 14.6 Å². The van der Waals surface area contributed by atoms with Gasteiger partial charge >= 0.3 is 11.9 Å². The van der Waals surface area contributed by atoms with Gasteiger partial charge in [-0.1, -0.05) is 168 Å². The highest BCUT2D eigenvalue weighted by atomic mass is 16.6. The number of rotatable bonds is 37. The molecule has 0 aliphatic carbocycles. The van der Waals surface area contributed by atoms with Gasteiger partial charge in [0, 0.05) is 12.8 Å². The number of allylic oxidation sites excluding steroid dienone is 18. The molecule has 0 bridgehead atoms. The van der Waals surface area contributed by atoms with Gasteiger partial charge in [0.2, 0.25) is 0 Å². The van der Waals surface area contributed by atoms with Crippen LogP contribution in [-0.4, -0.2) is 36.4 Å². The van der Waals surface area contributed by atoms with Crippen LogP contribution in [0.1, 0.15) is 168 Å². The SMILES string of the molecule is CC/C=C\C/C=C\C/C=C\C/C=C\C/C=C\CCCCCC(=O)OC(CO)COC(=O)CCCCCCCCCC/C=C\C/C=C\C/C=C\C/C=C\CC. The van der Waals surface area contributed by atoms with Gasteiger partial charge in [0.25, 0.3) is 0 Å².